The van der Waals surface area contributed by atoms with E-state index >= 15 is 0 Å². The Bertz CT molecular complexity index is 468. The third kappa shape index (κ3) is 1.10. The fourth-order valence-corrected chi connectivity index (χ4v) is 3.45. The van der Waals surface area contributed by atoms with E-state index in [1.165, 1.54) is 29.5 Å². The smallest absolute Gasteiger partial charge is 0.188 e. The number of aromatic nitrogens is 1. The minimum Gasteiger partial charge on any atom is -0.188 e. The van der Waals surface area contributed by atoms with Gasteiger partial charge in [0, 0.05) is 6.07 Å². The first-order valence-corrected chi connectivity index (χ1v) is 6.05. The number of thiazole rings is 1. The van der Waals surface area contributed by atoms with Gasteiger partial charge in [-0.3, -0.25) is 0 Å². The molecule has 2 heteroatoms. The second-order valence-electron chi connectivity index (χ2n) is 4.09. The second-order valence-corrected chi connectivity index (χ2v) is 5.16. The molecular formula is C12H14NS+. The number of benzene rings is 1. The van der Waals surface area contributed by atoms with Crippen molar-refractivity contribution in [3.8, 4) is 0 Å². The van der Waals surface area contributed by atoms with Gasteiger partial charge in [0.1, 0.15) is 11.7 Å². The summed E-state index contributed by atoms with van der Waals surface area (Å²) in [6.07, 6.45) is 4.19. The molecule has 2 aromatic rings. The maximum Gasteiger partial charge on any atom is 0.241 e. The van der Waals surface area contributed by atoms with Crippen molar-refractivity contribution in [3.63, 3.8) is 0 Å². The van der Waals surface area contributed by atoms with Gasteiger partial charge in [0.25, 0.3) is 0 Å². The molecule has 14 heavy (non-hydrogen) atoms. The van der Waals surface area contributed by atoms with Gasteiger partial charge < -0.3 is 0 Å². The maximum absolute atomic E-state index is 2.38. The number of rotatable bonds is 1. The standard InChI is InChI=1S/C12H14NS/c1-13-10-7-2-3-8-11(10)14-12(13)9-5-4-6-9/h2-3,7-9H,4-6H2,1H3/q+1. The molecular weight excluding hydrogens is 190 g/mol. The van der Waals surface area contributed by atoms with Gasteiger partial charge in [0.05, 0.1) is 5.92 Å². The topological polar surface area (TPSA) is 3.88 Å². The van der Waals surface area contributed by atoms with E-state index in [0.717, 1.165) is 5.92 Å². The first-order valence-electron chi connectivity index (χ1n) is 5.24. The lowest BCUT2D eigenvalue weighted by atomic mass is 9.86. The van der Waals surface area contributed by atoms with Crippen LogP contribution in [0, 0.1) is 0 Å². The summed E-state index contributed by atoms with van der Waals surface area (Å²) in [5, 5.41) is 1.57. The number of fused-ring (bicyclic) bond motifs is 1. The van der Waals surface area contributed by atoms with Crippen molar-refractivity contribution in [2.45, 2.75) is 25.2 Å². The molecule has 0 spiro atoms. The number of hydrogen-bond donors (Lipinski definition) is 0. The predicted octanol–water partition coefficient (Wildman–Crippen LogP) is 2.99. The van der Waals surface area contributed by atoms with E-state index in [9.17, 15) is 0 Å². The number of para-hydroxylation sites is 1. The van der Waals surface area contributed by atoms with E-state index in [0.29, 0.717) is 0 Å². The highest BCUT2D eigenvalue weighted by Gasteiger charge is 2.30. The molecule has 0 aliphatic heterocycles. The summed E-state index contributed by atoms with van der Waals surface area (Å²) in [5.74, 6) is 0.845. The highest BCUT2D eigenvalue weighted by molar-refractivity contribution is 7.18. The van der Waals surface area contributed by atoms with Crippen LogP contribution in [0.25, 0.3) is 10.2 Å². The van der Waals surface area contributed by atoms with E-state index in [2.05, 4.69) is 35.9 Å². The molecule has 72 valence electrons. The van der Waals surface area contributed by atoms with Gasteiger partial charge in [0.2, 0.25) is 10.5 Å². The van der Waals surface area contributed by atoms with Crippen LogP contribution in [0.3, 0.4) is 0 Å². The minimum atomic E-state index is 0.845. The zero-order valence-corrected chi connectivity index (χ0v) is 9.18. The Labute approximate surface area is 88.0 Å². The minimum absolute atomic E-state index is 0.845. The van der Waals surface area contributed by atoms with Crippen LogP contribution in [0.2, 0.25) is 0 Å². The maximum atomic E-state index is 2.38. The van der Waals surface area contributed by atoms with Crippen LogP contribution in [0.5, 0.6) is 0 Å². The molecule has 0 saturated heterocycles. The van der Waals surface area contributed by atoms with E-state index in [-0.39, 0.29) is 0 Å². The molecule has 0 N–H and O–H groups in total. The molecule has 1 aliphatic carbocycles. The average Bonchev–Trinajstić information content (AvgIpc) is 2.43. The van der Waals surface area contributed by atoms with Gasteiger partial charge in [-0.2, -0.15) is 4.57 Å². The quantitative estimate of drug-likeness (QED) is 0.629. The Morgan fingerprint density at radius 1 is 1.29 bits per heavy atom. The molecule has 1 aromatic heterocycles. The SMILES string of the molecule is C[n+]1c(C2CCC2)sc2ccccc21. The number of nitrogens with zero attached hydrogens (tertiary/aromatic N) is 1. The fraction of sp³-hybridized carbons (Fsp3) is 0.417. The molecule has 1 fully saturated rings. The van der Waals surface area contributed by atoms with Crippen LogP contribution < -0.4 is 4.57 Å². The van der Waals surface area contributed by atoms with E-state index in [4.69, 9.17) is 0 Å². The van der Waals surface area contributed by atoms with Crippen LogP contribution in [-0.2, 0) is 7.05 Å². The number of aryl methyl sites for hydroxylation is 1. The molecule has 3 rings (SSSR count). The van der Waals surface area contributed by atoms with E-state index < -0.39 is 0 Å². The molecule has 0 amide bonds. The average molecular weight is 204 g/mol. The van der Waals surface area contributed by atoms with Gasteiger partial charge in [0.15, 0.2) is 0 Å². The number of hydrogen-bond acceptors (Lipinski definition) is 1. The summed E-state index contributed by atoms with van der Waals surface area (Å²) in [6.45, 7) is 0. The Hall–Kier alpha value is -0.890. The van der Waals surface area contributed by atoms with Crippen molar-refractivity contribution in [1.82, 2.24) is 0 Å². The zero-order valence-electron chi connectivity index (χ0n) is 8.36. The van der Waals surface area contributed by atoms with Gasteiger partial charge in [-0.25, -0.2) is 0 Å². The first-order chi connectivity index (χ1) is 6.86. The van der Waals surface area contributed by atoms with Gasteiger partial charge in [-0.15, -0.1) is 0 Å². The van der Waals surface area contributed by atoms with Crippen molar-refractivity contribution in [1.29, 1.82) is 0 Å². The van der Waals surface area contributed by atoms with Gasteiger partial charge in [-0.05, 0) is 18.9 Å². The predicted molar refractivity (Wildman–Crippen MR) is 59.6 cm³/mol. The highest BCUT2D eigenvalue weighted by atomic mass is 32.1. The van der Waals surface area contributed by atoms with Crippen LogP contribution in [-0.4, -0.2) is 0 Å². The molecule has 1 nitrogen and oxygen atoms in total. The molecule has 0 radical (unpaired) electrons. The molecule has 0 bridgehead atoms. The largest absolute Gasteiger partial charge is 0.241 e. The lowest BCUT2D eigenvalue weighted by Gasteiger charge is -2.20. The molecule has 1 aliphatic rings. The summed E-state index contributed by atoms with van der Waals surface area (Å²) < 4.78 is 3.81. The van der Waals surface area contributed by atoms with Crippen LogP contribution in [0.15, 0.2) is 24.3 Å². The van der Waals surface area contributed by atoms with Crippen LogP contribution in [0.1, 0.15) is 30.2 Å². The Morgan fingerprint density at radius 2 is 2.07 bits per heavy atom. The molecule has 0 atom stereocenters. The third-order valence-electron chi connectivity index (χ3n) is 3.23. The van der Waals surface area contributed by atoms with Crippen molar-refractivity contribution in [2.75, 3.05) is 0 Å². The Morgan fingerprint density at radius 3 is 2.71 bits per heavy atom. The monoisotopic (exact) mass is 204 g/mol. The lowest BCUT2D eigenvalue weighted by Crippen LogP contribution is -2.33. The molecule has 1 aromatic carbocycles. The summed E-state index contributed by atoms with van der Waals surface area (Å²) in [6, 6.07) is 8.69. The van der Waals surface area contributed by atoms with Crippen LogP contribution in [0.4, 0.5) is 0 Å². The van der Waals surface area contributed by atoms with Crippen molar-refractivity contribution >= 4 is 21.6 Å². The van der Waals surface area contributed by atoms with Crippen LogP contribution >= 0.6 is 11.3 Å². The highest BCUT2D eigenvalue weighted by Crippen LogP contribution is 2.38. The molecule has 1 saturated carbocycles. The Balaban J connectivity index is 2.19. The van der Waals surface area contributed by atoms with E-state index in [1.54, 1.807) is 5.01 Å². The zero-order chi connectivity index (χ0) is 9.54. The van der Waals surface area contributed by atoms with Crippen molar-refractivity contribution in [2.24, 2.45) is 7.05 Å². The Kier molecular flexibility index (Phi) is 1.84. The summed E-state index contributed by atoms with van der Waals surface area (Å²) in [5.41, 5.74) is 1.39. The second kappa shape index (κ2) is 3.06. The first kappa shape index (κ1) is 8.42. The van der Waals surface area contributed by atoms with Gasteiger partial charge >= 0.3 is 0 Å². The third-order valence-corrected chi connectivity index (χ3v) is 4.61. The summed E-state index contributed by atoms with van der Waals surface area (Å²) in [4.78, 5) is 0. The summed E-state index contributed by atoms with van der Waals surface area (Å²) >= 11 is 1.97. The lowest BCUT2D eigenvalue weighted by molar-refractivity contribution is -0.650. The normalized spacial score (nSPS) is 17.2. The van der Waals surface area contributed by atoms with Gasteiger partial charge in [-0.1, -0.05) is 29.9 Å². The van der Waals surface area contributed by atoms with Crippen molar-refractivity contribution in [3.05, 3.63) is 29.3 Å². The fourth-order valence-electron chi connectivity index (χ4n) is 2.13. The van der Waals surface area contributed by atoms with E-state index in [1.807, 2.05) is 11.3 Å². The van der Waals surface area contributed by atoms with Crippen molar-refractivity contribution < 1.29 is 4.57 Å². The molecule has 0 unspecified atom stereocenters. The molecule has 1 heterocycles. The summed E-state index contributed by atoms with van der Waals surface area (Å²) in [7, 11) is 2.20.